The summed E-state index contributed by atoms with van der Waals surface area (Å²) in [5.74, 6) is -5.60. The van der Waals surface area contributed by atoms with Gasteiger partial charge in [-0.3, -0.25) is 34.2 Å². The van der Waals surface area contributed by atoms with Crippen LogP contribution in [0.15, 0.2) is 18.2 Å². The summed E-state index contributed by atoms with van der Waals surface area (Å²) in [7, 11) is 0. The highest BCUT2D eigenvalue weighted by Gasteiger charge is 2.46. The van der Waals surface area contributed by atoms with Crippen LogP contribution in [0.3, 0.4) is 0 Å². The van der Waals surface area contributed by atoms with Gasteiger partial charge in [0.15, 0.2) is 6.61 Å². The Hall–Kier alpha value is -4.05. The predicted molar refractivity (Wildman–Crippen MR) is 115 cm³/mol. The quantitative estimate of drug-likeness (QED) is 0.231. The molecule has 0 radical (unpaired) electrons. The maximum Gasteiger partial charge on any atom is 0.490 e. The molecule has 0 bridgehead atoms. The lowest BCUT2D eigenvalue weighted by molar-refractivity contribution is -0.192. The van der Waals surface area contributed by atoms with Crippen molar-refractivity contribution in [2.24, 2.45) is 5.73 Å². The van der Waals surface area contributed by atoms with Gasteiger partial charge in [0.1, 0.15) is 11.8 Å². The van der Waals surface area contributed by atoms with Gasteiger partial charge in [-0.15, -0.1) is 0 Å². The Kier molecular flexibility index (Phi) is 10.1. The van der Waals surface area contributed by atoms with E-state index < -0.39 is 47.7 Å². The van der Waals surface area contributed by atoms with Gasteiger partial charge < -0.3 is 25.6 Å². The highest BCUT2D eigenvalue weighted by atomic mass is 19.4. The van der Waals surface area contributed by atoms with Crippen LogP contribution in [0.5, 0.6) is 5.75 Å². The molecule has 3 rings (SSSR count). The SMILES string of the molecule is NCCOCCNC(=O)COc1cccc2c1C(=O)N(C1CCC(=O)NC1=O)C2=O.O=C(O)C(F)(F)F. The molecule has 0 spiro atoms. The number of carbonyl (C=O) groups excluding carboxylic acids is 5. The van der Waals surface area contributed by atoms with E-state index in [1.807, 2.05) is 0 Å². The number of fused-ring (bicyclic) bond motifs is 1. The Bertz CT molecular complexity index is 1080. The summed E-state index contributed by atoms with van der Waals surface area (Å²) in [4.78, 5) is 70.8. The van der Waals surface area contributed by atoms with Crippen LogP contribution in [0.1, 0.15) is 33.6 Å². The van der Waals surface area contributed by atoms with E-state index in [4.69, 9.17) is 25.1 Å². The number of rotatable bonds is 9. The maximum atomic E-state index is 12.9. The van der Waals surface area contributed by atoms with Crippen molar-refractivity contribution in [1.29, 1.82) is 0 Å². The van der Waals surface area contributed by atoms with Crippen LogP contribution in [0, 0.1) is 0 Å². The number of imide groups is 2. The first-order valence-corrected chi connectivity index (χ1v) is 10.7. The number of carboxylic acids is 1. The third-order valence-corrected chi connectivity index (χ3v) is 4.86. The number of hydrogen-bond donors (Lipinski definition) is 4. The zero-order valence-electron chi connectivity index (χ0n) is 19.1. The smallest absolute Gasteiger partial charge is 0.483 e. The van der Waals surface area contributed by atoms with Gasteiger partial charge in [-0.2, -0.15) is 13.2 Å². The van der Waals surface area contributed by atoms with E-state index in [2.05, 4.69) is 10.6 Å². The van der Waals surface area contributed by atoms with Crippen LogP contribution in [0.25, 0.3) is 0 Å². The van der Waals surface area contributed by atoms with Crippen LogP contribution in [0.4, 0.5) is 13.2 Å². The molecule has 0 saturated carbocycles. The fraction of sp³-hybridized carbons (Fsp3) is 0.429. The largest absolute Gasteiger partial charge is 0.490 e. The standard InChI is InChI=1S/C19H22N4O7.C2HF3O2/c20-6-8-29-9-7-21-15(25)10-30-13-3-1-2-11-16(13)19(28)23(18(11)27)12-4-5-14(24)22-17(12)26;3-2(4,5)1(6)7/h1-3,12H,4-10,20H2,(H,21,25)(H,22,24,26);(H,6,7). The molecule has 1 aromatic rings. The molecule has 1 saturated heterocycles. The average Bonchev–Trinajstić information content (AvgIpc) is 3.08. The molecule has 37 heavy (non-hydrogen) atoms. The lowest BCUT2D eigenvalue weighted by Crippen LogP contribution is -2.54. The molecule has 16 heteroatoms. The van der Waals surface area contributed by atoms with Crippen molar-refractivity contribution >= 4 is 35.5 Å². The molecule has 1 unspecified atom stereocenters. The second-order valence-corrected chi connectivity index (χ2v) is 7.47. The summed E-state index contributed by atoms with van der Waals surface area (Å²) < 4.78 is 42.3. The summed E-state index contributed by atoms with van der Waals surface area (Å²) in [5, 5.41) is 11.9. The van der Waals surface area contributed by atoms with E-state index in [1.165, 1.54) is 18.2 Å². The molecule has 2 aliphatic heterocycles. The molecule has 13 nitrogen and oxygen atoms in total. The summed E-state index contributed by atoms with van der Waals surface area (Å²) in [6.45, 7) is 0.988. The first kappa shape index (κ1) is 29.2. The number of ether oxygens (including phenoxy) is 2. The molecule has 1 fully saturated rings. The number of aliphatic carboxylic acids is 1. The second-order valence-electron chi connectivity index (χ2n) is 7.47. The van der Waals surface area contributed by atoms with E-state index in [1.54, 1.807) is 0 Å². The number of carboxylic acid groups (broad SMARTS) is 1. The Morgan fingerprint density at radius 1 is 1.16 bits per heavy atom. The molecule has 1 atom stereocenters. The van der Waals surface area contributed by atoms with Gasteiger partial charge in [0.2, 0.25) is 11.8 Å². The van der Waals surface area contributed by atoms with Gasteiger partial charge in [-0.1, -0.05) is 6.07 Å². The van der Waals surface area contributed by atoms with Crippen molar-refractivity contribution in [2.45, 2.75) is 25.1 Å². The summed E-state index contributed by atoms with van der Waals surface area (Å²) >= 11 is 0. The van der Waals surface area contributed by atoms with Crippen LogP contribution in [0.2, 0.25) is 0 Å². The van der Waals surface area contributed by atoms with Crippen molar-refractivity contribution in [2.75, 3.05) is 32.9 Å². The van der Waals surface area contributed by atoms with Crippen molar-refractivity contribution in [1.82, 2.24) is 15.5 Å². The number of alkyl halides is 3. The van der Waals surface area contributed by atoms with Gasteiger partial charge in [0, 0.05) is 19.5 Å². The molecule has 5 N–H and O–H groups in total. The number of halogens is 3. The Labute approximate surface area is 207 Å². The number of nitrogens with two attached hydrogens (primary N) is 1. The van der Waals surface area contributed by atoms with Gasteiger partial charge in [0.25, 0.3) is 17.7 Å². The van der Waals surface area contributed by atoms with Gasteiger partial charge >= 0.3 is 12.1 Å². The Morgan fingerprint density at radius 2 is 1.84 bits per heavy atom. The number of nitrogens with one attached hydrogen (secondary N) is 2. The van der Waals surface area contributed by atoms with E-state index in [0.717, 1.165) is 4.90 Å². The molecule has 2 heterocycles. The minimum absolute atomic E-state index is 0.00807. The first-order chi connectivity index (χ1) is 17.4. The summed E-state index contributed by atoms with van der Waals surface area (Å²) in [6.07, 6.45) is -5.00. The minimum Gasteiger partial charge on any atom is -0.483 e. The lowest BCUT2D eigenvalue weighted by Gasteiger charge is -2.27. The van der Waals surface area contributed by atoms with Gasteiger partial charge in [0.05, 0.1) is 24.3 Å². The van der Waals surface area contributed by atoms with Crippen molar-refractivity contribution in [3.8, 4) is 5.75 Å². The zero-order valence-corrected chi connectivity index (χ0v) is 19.1. The van der Waals surface area contributed by atoms with Crippen LogP contribution >= 0.6 is 0 Å². The van der Waals surface area contributed by atoms with Crippen LogP contribution in [-0.2, 0) is 23.9 Å². The third kappa shape index (κ3) is 7.71. The number of nitrogens with zero attached hydrogens (tertiary/aromatic N) is 1. The maximum absolute atomic E-state index is 12.9. The normalized spacial score (nSPS) is 17.0. The van der Waals surface area contributed by atoms with E-state index >= 15 is 0 Å². The number of hydrogen-bond acceptors (Lipinski definition) is 9. The molecular weight excluding hydrogens is 509 g/mol. The Balaban J connectivity index is 0.000000604. The van der Waals surface area contributed by atoms with Crippen molar-refractivity contribution in [3.05, 3.63) is 29.3 Å². The van der Waals surface area contributed by atoms with E-state index in [9.17, 15) is 37.1 Å². The number of amides is 5. The molecule has 5 amide bonds. The lowest BCUT2D eigenvalue weighted by atomic mass is 10.0. The van der Waals surface area contributed by atoms with Crippen LogP contribution in [-0.4, -0.2) is 90.6 Å². The molecular formula is C21H23F3N4O9. The molecule has 1 aromatic carbocycles. The number of benzene rings is 1. The van der Waals surface area contributed by atoms with Gasteiger partial charge in [-0.05, 0) is 18.6 Å². The highest BCUT2D eigenvalue weighted by Crippen LogP contribution is 2.33. The topological polar surface area (TPSA) is 194 Å². The first-order valence-electron chi connectivity index (χ1n) is 10.7. The fourth-order valence-corrected chi connectivity index (χ4v) is 3.25. The molecule has 0 aliphatic carbocycles. The van der Waals surface area contributed by atoms with Crippen molar-refractivity contribution < 1.29 is 56.5 Å². The third-order valence-electron chi connectivity index (χ3n) is 4.86. The highest BCUT2D eigenvalue weighted by molar-refractivity contribution is 6.24. The molecule has 0 aromatic heterocycles. The monoisotopic (exact) mass is 532 g/mol. The molecule has 2 aliphatic rings. The Morgan fingerprint density at radius 3 is 2.43 bits per heavy atom. The fourth-order valence-electron chi connectivity index (χ4n) is 3.25. The van der Waals surface area contributed by atoms with Crippen LogP contribution < -0.4 is 21.1 Å². The van der Waals surface area contributed by atoms with E-state index in [-0.39, 0.29) is 42.9 Å². The van der Waals surface area contributed by atoms with E-state index in [0.29, 0.717) is 19.8 Å². The average molecular weight is 532 g/mol. The summed E-state index contributed by atoms with van der Waals surface area (Å²) in [5.41, 5.74) is 5.37. The predicted octanol–water partition coefficient (Wildman–Crippen LogP) is -0.809. The number of piperidine rings is 1. The summed E-state index contributed by atoms with van der Waals surface area (Å²) in [6, 6.07) is 3.37. The zero-order chi connectivity index (χ0) is 27.8. The van der Waals surface area contributed by atoms with Gasteiger partial charge in [-0.25, -0.2) is 4.79 Å². The van der Waals surface area contributed by atoms with Crippen molar-refractivity contribution in [3.63, 3.8) is 0 Å². The molecule has 202 valence electrons. The minimum atomic E-state index is -5.08. The second kappa shape index (κ2) is 12.8. The number of carbonyl (C=O) groups is 6.